The van der Waals surface area contributed by atoms with Gasteiger partial charge in [0.25, 0.3) is 0 Å². The first-order valence-corrected chi connectivity index (χ1v) is 5.14. The van der Waals surface area contributed by atoms with Crippen LogP contribution in [0.5, 0.6) is 0 Å². The standard InChI is InChI=1S/C10H12N4O2/c1-3-6-5-8(10(15)16)14-9(11-6)7(4-2)12-13-14/h5H,3-4H2,1-2H3,(H,15,16). The SMILES string of the molecule is CCc1cc(C(=O)O)n2nnc(CC)c2n1. The Morgan fingerprint density at radius 3 is 2.75 bits per heavy atom. The fourth-order valence-corrected chi connectivity index (χ4v) is 1.53. The van der Waals surface area contributed by atoms with E-state index in [0.717, 1.165) is 11.4 Å². The number of aryl methyl sites for hydroxylation is 2. The van der Waals surface area contributed by atoms with Gasteiger partial charge in [0.15, 0.2) is 11.3 Å². The maximum Gasteiger partial charge on any atom is 0.354 e. The Labute approximate surface area is 91.9 Å². The van der Waals surface area contributed by atoms with Crippen LogP contribution in [0.3, 0.4) is 0 Å². The quantitative estimate of drug-likeness (QED) is 0.832. The Hall–Kier alpha value is -1.98. The zero-order chi connectivity index (χ0) is 11.7. The van der Waals surface area contributed by atoms with Crippen LogP contribution in [0.25, 0.3) is 5.65 Å². The second-order valence-corrected chi connectivity index (χ2v) is 3.42. The van der Waals surface area contributed by atoms with Crippen LogP contribution in [-0.2, 0) is 12.8 Å². The van der Waals surface area contributed by atoms with Crippen molar-refractivity contribution in [2.45, 2.75) is 26.7 Å². The van der Waals surface area contributed by atoms with Gasteiger partial charge in [0.05, 0.1) is 0 Å². The lowest BCUT2D eigenvalue weighted by molar-refractivity contribution is 0.0686. The van der Waals surface area contributed by atoms with Gasteiger partial charge in [0.1, 0.15) is 5.69 Å². The van der Waals surface area contributed by atoms with Crippen molar-refractivity contribution in [1.29, 1.82) is 0 Å². The summed E-state index contributed by atoms with van der Waals surface area (Å²) in [6.45, 7) is 3.87. The number of hydrogen-bond acceptors (Lipinski definition) is 4. The molecule has 6 nitrogen and oxygen atoms in total. The zero-order valence-electron chi connectivity index (χ0n) is 9.14. The van der Waals surface area contributed by atoms with E-state index >= 15 is 0 Å². The average molecular weight is 220 g/mol. The molecule has 0 aliphatic carbocycles. The number of rotatable bonds is 3. The van der Waals surface area contributed by atoms with Crippen LogP contribution in [0.1, 0.15) is 35.7 Å². The van der Waals surface area contributed by atoms with Crippen LogP contribution in [-0.4, -0.2) is 30.9 Å². The number of carboxylic acids is 1. The molecule has 2 heterocycles. The number of aromatic carboxylic acids is 1. The monoisotopic (exact) mass is 220 g/mol. The van der Waals surface area contributed by atoms with Crippen molar-refractivity contribution in [2.75, 3.05) is 0 Å². The summed E-state index contributed by atoms with van der Waals surface area (Å²) < 4.78 is 1.28. The third-order valence-electron chi connectivity index (χ3n) is 2.41. The fourth-order valence-electron chi connectivity index (χ4n) is 1.53. The summed E-state index contributed by atoms with van der Waals surface area (Å²) in [6, 6.07) is 1.53. The minimum atomic E-state index is -1.02. The second kappa shape index (κ2) is 3.88. The lowest BCUT2D eigenvalue weighted by atomic mass is 10.2. The van der Waals surface area contributed by atoms with Gasteiger partial charge in [-0.25, -0.2) is 9.78 Å². The van der Waals surface area contributed by atoms with Gasteiger partial charge < -0.3 is 5.11 Å². The van der Waals surface area contributed by atoms with E-state index in [2.05, 4.69) is 15.3 Å². The van der Waals surface area contributed by atoms with Gasteiger partial charge in [0.2, 0.25) is 0 Å². The predicted molar refractivity (Wildman–Crippen MR) is 56.5 cm³/mol. The second-order valence-electron chi connectivity index (χ2n) is 3.42. The molecule has 0 fully saturated rings. The largest absolute Gasteiger partial charge is 0.477 e. The molecule has 0 spiro atoms. The summed E-state index contributed by atoms with van der Waals surface area (Å²) in [6.07, 6.45) is 1.37. The molecule has 6 heteroatoms. The molecule has 0 aromatic carbocycles. The molecule has 1 N–H and O–H groups in total. The number of hydrogen-bond donors (Lipinski definition) is 1. The molecule has 0 atom stereocenters. The van der Waals surface area contributed by atoms with E-state index < -0.39 is 5.97 Å². The van der Waals surface area contributed by atoms with Crippen LogP contribution in [0.15, 0.2) is 6.07 Å². The molecule has 0 aliphatic rings. The highest BCUT2D eigenvalue weighted by atomic mass is 16.4. The number of fused-ring (bicyclic) bond motifs is 1. The maximum absolute atomic E-state index is 11.1. The Morgan fingerprint density at radius 1 is 1.44 bits per heavy atom. The van der Waals surface area contributed by atoms with E-state index in [0.29, 0.717) is 18.5 Å². The third-order valence-corrected chi connectivity index (χ3v) is 2.41. The summed E-state index contributed by atoms with van der Waals surface area (Å²) in [7, 11) is 0. The summed E-state index contributed by atoms with van der Waals surface area (Å²) in [5.41, 5.74) is 2.10. The first kappa shape index (κ1) is 10.5. The van der Waals surface area contributed by atoms with Crippen LogP contribution < -0.4 is 0 Å². The molecule has 16 heavy (non-hydrogen) atoms. The van der Waals surface area contributed by atoms with Gasteiger partial charge in [-0.15, -0.1) is 5.10 Å². The van der Waals surface area contributed by atoms with Crippen molar-refractivity contribution >= 4 is 11.6 Å². The van der Waals surface area contributed by atoms with Crippen LogP contribution in [0, 0.1) is 0 Å². The Morgan fingerprint density at radius 2 is 2.19 bits per heavy atom. The molecule has 84 valence electrons. The molecule has 0 radical (unpaired) electrons. The summed E-state index contributed by atoms with van der Waals surface area (Å²) in [5.74, 6) is -1.02. The highest BCUT2D eigenvalue weighted by Gasteiger charge is 2.15. The molecule has 0 amide bonds. The minimum absolute atomic E-state index is 0.106. The Balaban J connectivity index is 2.78. The Kier molecular flexibility index (Phi) is 2.55. The molecule has 0 aliphatic heterocycles. The van der Waals surface area contributed by atoms with E-state index in [1.165, 1.54) is 10.6 Å². The van der Waals surface area contributed by atoms with Gasteiger partial charge in [-0.05, 0) is 18.9 Å². The first-order chi connectivity index (χ1) is 7.67. The minimum Gasteiger partial charge on any atom is -0.477 e. The van der Waals surface area contributed by atoms with Crippen molar-refractivity contribution in [3.05, 3.63) is 23.1 Å². The predicted octanol–water partition coefficient (Wildman–Crippen LogP) is 0.947. The molecule has 0 unspecified atom stereocenters. The number of carbonyl (C=O) groups is 1. The molecular weight excluding hydrogens is 208 g/mol. The molecule has 2 aromatic heterocycles. The van der Waals surface area contributed by atoms with E-state index in [9.17, 15) is 4.79 Å². The van der Waals surface area contributed by atoms with E-state index in [-0.39, 0.29) is 5.69 Å². The Bertz CT molecular complexity index is 547. The van der Waals surface area contributed by atoms with Crippen LogP contribution in [0.4, 0.5) is 0 Å². The van der Waals surface area contributed by atoms with Crippen LogP contribution >= 0.6 is 0 Å². The van der Waals surface area contributed by atoms with E-state index in [4.69, 9.17) is 5.11 Å². The topological polar surface area (TPSA) is 80.4 Å². The van der Waals surface area contributed by atoms with Crippen molar-refractivity contribution in [3.8, 4) is 0 Å². The maximum atomic E-state index is 11.1. The van der Waals surface area contributed by atoms with Crippen molar-refractivity contribution in [3.63, 3.8) is 0 Å². The summed E-state index contributed by atoms with van der Waals surface area (Å²) in [4.78, 5) is 15.4. The molecule has 0 saturated heterocycles. The van der Waals surface area contributed by atoms with Crippen LogP contribution in [0.2, 0.25) is 0 Å². The molecule has 2 rings (SSSR count). The smallest absolute Gasteiger partial charge is 0.354 e. The number of carboxylic acid groups (broad SMARTS) is 1. The lowest BCUT2D eigenvalue weighted by Gasteiger charge is -2.02. The molecular formula is C10H12N4O2. The summed E-state index contributed by atoms with van der Waals surface area (Å²) in [5, 5.41) is 16.8. The fraction of sp³-hybridized carbons (Fsp3) is 0.400. The third kappa shape index (κ3) is 1.52. The zero-order valence-corrected chi connectivity index (χ0v) is 9.14. The normalized spacial score (nSPS) is 10.9. The number of aromatic nitrogens is 4. The highest BCUT2D eigenvalue weighted by molar-refractivity contribution is 5.86. The molecule has 2 aromatic rings. The van der Waals surface area contributed by atoms with Gasteiger partial charge in [-0.1, -0.05) is 19.1 Å². The number of nitrogens with zero attached hydrogens (tertiary/aromatic N) is 4. The van der Waals surface area contributed by atoms with Crippen molar-refractivity contribution < 1.29 is 9.90 Å². The highest BCUT2D eigenvalue weighted by Crippen LogP contribution is 2.11. The summed E-state index contributed by atoms with van der Waals surface area (Å²) >= 11 is 0. The molecule has 0 bridgehead atoms. The average Bonchev–Trinajstić information content (AvgIpc) is 2.69. The first-order valence-electron chi connectivity index (χ1n) is 5.14. The molecule has 0 saturated carbocycles. The van der Waals surface area contributed by atoms with Gasteiger partial charge in [-0.2, -0.15) is 4.52 Å². The van der Waals surface area contributed by atoms with Crippen molar-refractivity contribution in [1.82, 2.24) is 19.8 Å². The van der Waals surface area contributed by atoms with Gasteiger partial charge in [0, 0.05) is 5.69 Å². The van der Waals surface area contributed by atoms with E-state index in [1.54, 1.807) is 0 Å². The lowest BCUT2D eigenvalue weighted by Crippen LogP contribution is -2.09. The van der Waals surface area contributed by atoms with Crippen molar-refractivity contribution in [2.24, 2.45) is 0 Å². The van der Waals surface area contributed by atoms with Gasteiger partial charge in [-0.3, -0.25) is 0 Å². The van der Waals surface area contributed by atoms with Gasteiger partial charge >= 0.3 is 5.97 Å². The van der Waals surface area contributed by atoms with E-state index in [1.807, 2.05) is 13.8 Å².